The second-order valence-corrected chi connectivity index (χ2v) is 6.36. The number of anilines is 1. The number of hydrogen-bond acceptors (Lipinski definition) is 4. The van der Waals surface area contributed by atoms with Crippen molar-refractivity contribution in [3.8, 4) is 5.75 Å². The predicted molar refractivity (Wildman–Crippen MR) is 99.0 cm³/mol. The zero-order valence-electron chi connectivity index (χ0n) is 13.3. The van der Waals surface area contributed by atoms with Crippen LogP contribution in [0.25, 0.3) is 0 Å². The Morgan fingerprint density at radius 2 is 1.92 bits per heavy atom. The summed E-state index contributed by atoms with van der Waals surface area (Å²) in [6.45, 7) is 2.62. The molecule has 0 amide bonds. The lowest BCUT2D eigenvalue weighted by atomic mass is 10.1. The van der Waals surface area contributed by atoms with E-state index in [0.717, 1.165) is 21.6 Å². The molecule has 1 atom stereocenters. The Kier molecular flexibility index (Phi) is 5.43. The van der Waals surface area contributed by atoms with Crippen molar-refractivity contribution in [2.75, 3.05) is 5.32 Å². The maximum absolute atomic E-state index is 5.78. The summed E-state index contributed by atoms with van der Waals surface area (Å²) < 4.78 is 6.75. The van der Waals surface area contributed by atoms with Crippen LogP contribution in [0.5, 0.6) is 5.75 Å². The summed E-state index contributed by atoms with van der Waals surface area (Å²) in [4.78, 5) is 8.42. The van der Waals surface area contributed by atoms with E-state index >= 15 is 0 Å². The van der Waals surface area contributed by atoms with Crippen molar-refractivity contribution < 1.29 is 4.74 Å². The van der Waals surface area contributed by atoms with E-state index in [9.17, 15) is 0 Å². The van der Waals surface area contributed by atoms with Crippen molar-refractivity contribution in [2.24, 2.45) is 0 Å². The van der Waals surface area contributed by atoms with Gasteiger partial charge in [-0.25, -0.2) is 4.98 Å². The SMILES string of the molecule is CC(Nc1ccc(Br)cn1)c1ccc(OCc2cccnc2)cc1. The number of rotatable bonds is 6. The first-order chi connectivity index (χ1) is 11.7. The third-order valence-corrected chi connectivity index (χ3v) is 4.07. The summed E-state index contributed by atoms with van der Waals surface area (Å²) in [5, 5.41) is 3.38. The van der Waals surface area contributed by atoms with Gasteiger partial charge in [0.2, 0.25) is 0 Å². The third kappa shape index (κ3) is 4.55. The van der Waals surface area contributed by atoms with Crippen LogP contribution in [0.15, 0.2) is 71.6 Å². The van der Waals surface area contributed by atoms with Gasteiger partial charge in [0.25, 0.3) is 0 Å². The van der Waals surface area contributed by atoms with E-state index in [2.05, 4.69) is 50.3 Å². The van der Waals surface area contributed by atoms with Crippen LogP contribution in [-0.4, -0.2) is 9.97 Å². The largest absolute Gasteiger partial charge is 0.489 e. The fraction of sp³-hybridized carbons (Fsp3) is 0.158. The first kappa shape index (κ1) is 16.5. The highest BCUT2D eigenvalue weighted by Crippen LogP contribution is 2.22. The van der Waals surface area contributed by atoms with Crippen LogP contribution in [0.4, 0.5) is 5.82 Å². The van der Waals surface area contributed by atoms with Crippen molar-refractivity contribution in [3.05, 3.63) is 82.7 Å². The molecule has 0 aliphatic rings. The lowest BCUT2D eigenvalue weighted by molar-refractivity contribution is 0.305. The van der Waals surface area contributed by atoms with Crippen LogP contribution < -0.4 is 10.1 Å². The van der Waals surface area contributed by atoms with Crippen molar-refractivity contribution in [1.82, 2.24) is 9.97 Å². The topological polar surface area (TPSA) is 47.0 Å². The zero-order valence-corrected chi connectivity index (χ0v) is 14.9. The lowest BCUT2D eigenvalue weighted by Crippen LogP contribution is -2.07. The quantitative estimate of drug-likeness (QED) is 0.650. The third-order valence-electron chi connectivity index (χ3n) is 3.60. The molecule has 0 aliphatic heterocycles. The van der Waals surface area contributed by atoms with Gasteiger partial charge in [0, 0.05) is 34.7 Å². The molecule has 0 fully saturated rings. The molecule has 0 spiro atoms. The first-order valence-corrected chi connectivity index (χ1v) is 8.50. The average molecular weight is 384 g/mol. The first-order valence-electron chi connectivity index (χ1n) is 7.70. The molecule has 1 unspecified atom stereocenters. The van der Waals surface area contributed by atoms with Gasteiger partial charge in [-0.15, -0.1) is 0 Å². The Balaban J connectivity index is 1.58. The molecule has 0 saturated heterocycles. The number of pyridine rings is 2. The Morgan fingerprint density at radius 1 is 1.08 bits per heavy atom. The van der Waals surface area contributed by atoms with Crippen molar-refractivity contribution in [3.63, 3.8) is 0 Å². The van der Waals surface area contributed by atoms with Gasteiger partial charge in [-0.3, -0.25) is 4.98 Å². The number of aromatic nitrogens is 2. The molecule has 0 saturated carbocycles. The molecule has 5 heteroatoms. The Bertz CT molecular complexity index is 761. The number of halogens is 1. The molecular weight excluding hydrogens is 366 g/mol. The van der Waals surface area contributed by atoms with Crippen LogP contribution >= 0.6 is 15.9 Å². The molecule has 2 heterocycles. The van der Waals surface area contributed by atoms with E-state index in [1.165, 1.54) is 5.56 Å². The van der Waals surface area contributed by atoms with Crippen molar-refractivity contribution in [2.45, 2.75) is 19.6 Å². The zero-order chi connectivity index (χ0) is 16.8. The molecule has 1 aromatic carbocycles. The summed E-state index contributed by atoms with van der Waals surface area (Å²) in [6, 6.07) is 16.1. The van der Waals surface area contributed by atoms with E-state index in [4.69, 9.17) is 4.74 Å². The predicted octanol–water partition coefficient (Wildman–Crippen LogP) is 4.99. The number of ether oxygens (including phenoxy) is 1. The van der Waals surface area contributed by atoms with E-state index in [1.54, 1.807) is 12.4 Å². The standard InChI is InChI=1S/C19H18BrN3O/c1-14(23-19-9-6-17(20)12-22-19)16-4-7-18(8-5-16)24-13-15-3-2-10-21-11-15/h2-12,14H,13H2,1H3,(H,22,23). The van der Waals surface area contributed by atoms with Gasteiger partial charge < -0.3 is 10.1 Å². The number of nitrogens with zero attached hydrogens (tertiary/aromatic N) is 2. The van der Waals surface area contributed by atoms with Gasteiger partial charge in [0.15, 0.2) is 0 Å². The summed E-state index contributed by atoms with van der Waals surface area (Å²) in [6.07, 6.45) is 5.35. The van der Waals surface area contributed by atoms with Crippen LogP contribution in [-0.2, 0) is 6.61 Å². The van der Waals surface area contributed by atoms with E-state index in [-0.39, 0.29) is 6.04 Å². The van der Waals surface area contributed by atoms with Crippen LogP contribution in [0.1, 0.15) is 24.1 Å². The number of hydrogen-bond donors (Lipinski definition) is 1. The molecule has 0 aliphatic carbocycles. The Labute approximate surface area is 150 Å². The highest BCUT2D eigenvalue weighted by molar-refractivity contribution is 9.10. The number of benzene rings is 1. The smallest absolute Gasteiger partial charge is 0.126 e. The Hall–Kier alpha value is -2.40. The average Bonchev–Trinajstić information content (AvgIpc) is 2.63. The molecule has 0 bridgehead atoms. The van der Waals surface area contributed by atoms with E-state index in [0.29, 0.717) is 6.61 Å². The minimum absolute atomic E-state index is 0.158. The van der Waals surface area contributed by atoms with Gasteiger partial charge in [-0.2, -0.15) is 0 Å². The van der Waals surface area contributed by atoms with Gasteiger partial charge in [-0.1, -0.05) is 18.2 Å². The second-order valence-electron chi connectivity index (χ2n) is 5.45. The van der Waals surface area contributed by atoms with E-state index in [1.807, 2.05) is 42.6 Å². The monoisotopic (exact) mass is 383 g/mol. The highest BCUT2D eigenvalue weighted by Gasteiger charge is 2.06. The summed E-state index contributed by atoms with van der Waals surface area (Å²) >= 11 is 3.39. The number of nitrogens with one attached hydrogen (secondary N) is 1. The summed E-state index contributed by atoms with van der Waals surface area (Å²) in [5.41, 5.74) is 2.23. The highest BCUT2D eigenvalue weighted by atomic mass is 79.9. The van der Waals surface area contributed by atoms with Gasteiger partial charge >= 0.3 is 0 Å². The lowest BCUT2D eigenvalue weighted by Gasteiger charge is -2.15. The molecular formula is C19H18BrN3O. The molecule has 24 heavy (non-hydrogen) atoms. The maximum atomic E-state index is 5.78. The molecule has 2 aromatic heterocycles. The summed E-state index contributed by atoms with van der Waals surface area (Å²) in [7, 11) is 0. The summed E-state index contributed by atoms with van der Waals surface area (Å²) in [5.74, 6) is 1.69. The van der Waals surface area contributed by atoms with Crippen LogP contribution in [0.3, 0.4) is 0 Å². The van der Waals surface area contributed by atoms with Gasteiger partial charge in [0.1, 0.15) is 18.2 Å². The molecule has 1 N–H and O–H groups in total. The Morgan fingerprint density at radius 3 is 2.58 bits per heavy atom. The minimum Gasteiger partial charge on any atom is -0.489 e. The van der Waals surface area contributed by atoms with E-state index < -0.39 is 0 Å². The molecule has 3 rings (SSSR count). The van der Waals surface area contributed by atoms with Crippen molar-refractivity contribution >= 4 is 21.7 Å². The minimum atomic E-state index is 0.158. The van der Waals surface area contributed by atoms with Gasteiger partial charge in [0.05, 0.1) is 0 Å². The fourth-order valence-corrected chi connectivity index (χ4v) is 2.50. The van der Waals surface area contributed by atoms with Crippen LogP contribution in [0, 0.1) is 0 Å². The van der Waals surface area contributed by atoms with Crippen molar-refractivity contribution in [1.29, 1.82) is 0 Å². The maximum Gasteiger partial charge on any atom is 0.126 e. The molecule has 3 aromatic rings. The fourth-order valence-electron chi connectivity index (χ4n) is 2.27. The molecule has 4 nitrogen and oxygen atoms in total. The van der Waals surface area contributed by atoms with Crippen LogP contribution in [0.2, 0.25) is 0 Å². The second kappa shape index (κ2) is 7.93. The molecule has 0 radical (unpaired) electrons. The molecule has 122 valence electrons. The normalized spacial score (nSPS) is 11.8. The van der Waals surface area contributed by atoms with Gasteiger partial charge in [-0.05, 0) is 58.7 Å².